The van der Waals surface area contributed by atoms with Gasteiger partial charge in [-0.2, -0.15) is 0 Å². The van der Waals surface area contributed by atoms with Crippen LogP contribution in [0.5, 0.6) is 0 Å². The monoisotopic (exact) mass is 352 g/mol. The quantitative estimate of drug-likeness (QED) is 0.850. The Balaban J connectivity index is 1.60. The van der Waals surface area contributed by atoms with Crippen LogP contribution in [0.15, 0.2) is 30.7 Å². The lowest BCUT2D eigenvalue weighted by molar-refractivity contribution is -0.142. The van der Waals surface area contributed by atoms with Crippen molar-refractivity contribution in [2.75, 3.05) is 19.7 Å². The fourth-order valence-corrected chi connectivity index (χ4v) is 3.93. The molecule has 2 aromatic rings. The van der Waals surface area contributed by atoms with Gasteiger partial charge in [0.2, 0.25) is 0 Å². The Labute approximate surface area is 153 Å². The van der Waals surface area contributed by atoms with E-state index in [2.05, 4.69) is 9.97 Å². The molecule has 2 aliphatic heterocycles. The Kier molecular flexibility index (Phi) is 4.93. The first-order valence-corrected chi connectivity index (χ1v) is 9.36. The molecule has 2 aromatic heterocycles. The summed E-state index contributed by atoms with van der Waals surface area (Å²) in [5.74, 6) is 1.13. The van der Waals surface area contributed by atoms with E-state index in [1.54, 1.807) is 12.4 Å². The third kappa shape index (κ3) is 3.46. The number of carbonyl (C=O) groups excluding carboxylic acids is 1. The Morgan fingerprint density at radius 2 is 2.08 bits per heavy atom. The first-order valence-electron chi connectivity index (χ1n) is 9.36. The summed E-state index contributed by atoms with van der Waals surface area (Å²) in [5.41, 5.74) is 3.14. The molecule has 2 aliphatic rings. The molecule has 2 fully saturated rings. The molecule has 0 N–H and O–H groups in total. The molecular formula is C20H24N4O2. The number of amides is 1. The Morgan fingerprint density at radius 1 is 1.23 bits per heavy atom. The average molecular weight is 352 g/mol. The highest BCUT2D eigenvalue weighted by atomic mass is 16.5. The lowest BCUT2D eigenvalue weighted by Gasteiger charge is -2.34. The molecule has 6 nitrogen and oxygen atoms in total. The van der Waals surface area contributed by atoms with E-state index in [-0.39, 0.29) is 17.9 Å². The van der Waals surface area contributed by atoms with Gasteiger partial charge in [0.05, 0.1) is 5.69 Å². The van der Waals surface area contributed by atoms with Gasteiger partial charge >= 0.3 is 0 Å². The van der Waals surface area contributed by atoms with Crippen molar-refractivity contribution in [1.82, 2.24) is 19.9 Å². The summed E-state index contributed by atoms with van der Waals surface area (Å²) in [7, 11) is 0. The number of aryl methyl sites for hydroxylation is 1. The number of hydrogen-bond acceptors (Lipinski definition) is 5. The maximum atomic E-state index is 12.8. The van der Waals surface area contributed by atoms with Crippen LogP contribution in [0.4, 0.5) is 0 Å². The second-order valence-electron chi connectivity index (χ2n) is 7.08. The number of aromatic nitrogens is 3. The van der Waals surface area contributed by atoms with E-state index in [9.17, 15) is 4.79 Å². The van der Waals surface area contributed by atoms with Crippen LogP contribution in [0.1, 0.15) is 43.1 Å². The van der Waals surface area contributed by atoms with Crippen molar-refractivity contribution in [3.05, 3.63) is 42.2 Å². The normalized spacial score (nSPS) is 23.2. The minimum Gasteiger partial charge on any atom is -0.368 e. The van der Waals surface area contributed by atoms with Crippen molar-refractivity contribution in [1.29, 1.82) is 0 Å². The van der Waals surface area contributed by atoms with Crippen LogP contribution in [0, 0.1) is 6.92 Å². The molecule has 26 heavy (non-hydrogen) atoms. The number of carbonyl (C=O) groups is 1. The van der Waals surface area contributed by atoms with Gasteiger partial charge in [-0.3, -0.25) is 9.78 Å². The number of likely N-dealkylation sites (tertiary alicyclic amines) is 1. The van der Waals surface area contributed by atoms with Crippen LogP contribution in [-0.4, -0.2) is 51.6 Å². The molecule has 0 radical (unpaired) electrons. The van der Waals surface area contributed by atoms with Crippen molar-refractivity contribution in [3.63, 3.8) is 0 Å². The summed E-state index contributed by atoms with van der Waals surface area (Å²) in [6.07, 6.45) is 9.06. The van der Waals surface area contributed by atoms with Crippen molar-refractivity contribution in [2.24, 2.45) is 0 Å². The van der Waals surface area contributed by atoms with Crippen molar-refractivity contribution < 1.29 is 9.53 Å². The lowest BCUT2D eigenvalue weighted by atomic mass is 9.90. The van der Waals surface area contributed by atoms with Gasteiger partial charge in [-0.15, -0.1) is 0 Å². The molecule has 4 heterocycles. The molecule has 0 aromatic carbocycles. The van der Waals surface area contributed by atoms with Crippen LogP contribution in [-0.2, 0) is 9.53 Å². The summed E-state index contributed by atoms with van der Waals surface area (Å²) >= 11 is 0. The largest absolute Gasteiger partial charge is 0.368 e. The zero-order chi connectivity index (χ0) is 17.9. The molecule has 0 bridgehead atoms. The third-order valence-corrected chi connectivity index (χ3v) is 5.25. The van der Waals surface area contributed by atoms with E-state index >= 15 is 0 Å². The molecule has 0 unspecified atom stereocenters. The number of pyridine rings is 1. The highest BCUT2D eigenvalue weighted by molar-refractivity contribution is 5.81. The second-order valence-corrected chi connectivity index (χ2v) is 7.08. The summed E-state index contributed by atoms with van der Waals surface area (Å²) < 4.78 is 5.60. The molecule has 1 amide bonds. The zero-order valence-corrected chi connectivity index (χ0v) is 15.1. The number of ether oxygens (including phenoxy) is 1. The van der Waals surface area contributed by atoms with E-state index in [1.165, 1.54) is 0 Å². The van der Waals surface area contributed by atoms with Gasteiger partial charge in [0, 0.05) is 49.8 Å². The predicted molar refractivity (Wildman–Crippen MR) is 97.5 cm³/mol. The molecule has 2 atom stereocenters. The van der Waals surface area contributed by atoms with Crippen LogP contribution >= 0.6 is 0 Å². The van der Waals surface area contributed by atoms with Gasteiger partial charge < -0.3 is 9.64 Å². The van der Waals surface area contributed by atoms with Crippen molar-refractivity contribution >= 4 is 5.91 Å². The highest BCUT2D eigenvalue weighted by Crippen LogP contribution is 2.33. The summed E-state index contributed by atoms with van der Waals surface area (Å²) in [5, 5.41) is 0. The minimum atomic E-state index is -0.249. The van der Waals surface area contributed by atoms with E-state index in [0.717, 1.165) is 54.9 Å². The predicted octanol–water partition coefficient (Wildman–Crippen LogP) is 2.73. The molecule has 136 valence electrons. The molecule has 0 aliphatic carbocycles. The summed E-state index contributed by atoms with van der Waals surface area (Å²) in [4.78, 5) is 28.0. The number of hydrogen-bond donors (Lipinski definition) is 0. The second kappa shape index (κ2) is 7.50. The maximum absolute atomic E-state index is 12.8. The first-order chi connectivity index (χ1) is 12.7. The standard InChI is InChI=1S/C20H24N4O2/c1-14-22-12-17(15-6-8-21-9-7-15)19(23-14)16-4-2-10-24(13-16)20(25)18-5-3-11-26-18/h6-9,12,16,18H,2-5,10-11,13H2,1H3/t16-,18-/m0/s1. The lowest BCUT2D eigenvalue weighted by Crippen LogP contribution is -2.44. The molecule has 2 saturated heterocycles. The smallest absolute Gasteiger partial charge is 0.251 e. The minimum absolute atomic E-state index is 0.142. The van der Waals surface area contributed by atoms with Crippen LogP contribution < -0.4 is 0 Å². The number of piperidine rings is 1. The van der Waals surface area contributed by atoms with E-state index in [4.69, 9.17) is 9.72 Å². The Bertz CT molecular complexity index is 775. The molecule has 6 heteroatoms. The van der Waals surface area contributed by atoms with Gasteiger partial charge in [0.25, 0.3) is 5.91 Å². The van der Waals surface area contributed by atoms with Crippen LogP contribution in [0.3, 0.4) is 0 Å². The molecular weight excluding hydrogens is 328 g/mol. The van der Waals surface area contributed by atoms with Gasteiger partial charge in [-0.25, -0.2) is 9.97 Å². The SMILES string of the molecule is Cc1ncc(-c2ccncc2)c([C@H]2CCCN(C(=O)[C@@H]3CCCO3)C2)n1. The van der Waals surface area contributed by atoms with Crippen LogP contribution in [0.2, 0.25) is 0 Å². The van der Waals surface area contributed by atoms with E-state index in [0.29, 0.717) is 13.2 Å². The van der Waals surface area contributed by atoms with Gasteiger partial charge in [0.1, 0.15) is 11.9 Å². The molecule has 0 saturated carbocycles. The maximum Gasteiger partial charge on any atom is 0.251 e. The topological polar surface area (TPSA) is 68.2 Å². The highest BCUT2D eigenvalue weighted by Gasteiger charge is 2.33. The summed E-state index contributed by atoms with van der Waals surface area (Å²) in [6.45, 7) is 4.12. The number of rotatable bonds is 3. The van der Waals surface area contributed by atoms with Gasteiger partial charge in [0.15, 0.2) is 0 Å². The van der Waals surface area contributed by atoms with E-state index < -0.39 is 0 Å². The average Bonchev–Trinajstić information content (AvgIpc) is 3.23. The van der Waals surface area contributed by atoms with Gasteiger partial charge in [-0.05, 0) is 50.3 Å². The molecule has 4 rings (SSSR count). The van der Waals surface area contributed by atoms with Crippen LogP contribution in [0.25, 0.3) is 11.1 Å². The summed E-state index contributed by atoms with van der Waals surface area (Å²) in [6, 6.07) is 3.96. The fraction of sp³-hybridized carbons (Fsp3) is 0.500. The van der Waals surface area contributed by atoms with Gasteiger partial charge in [-0.1, -0.05) is 0 Å². The zero-order valence-electron chi connectivity index (χ0n) is 15.1. The first kappa shape index (κ1) is 17.1. The van der Waals surface area contributed by atoms with Crippen molar-refractivity contribution in [3.8, 4) is 11.1 Å². The van der Waals surface area contributed by atoms with Crippen molar-refractivity contribution in [2.45, 2.75) is 44.6 Å². The number of nitrogens with zero attached hydrogens (tertiary/aromatic N) is 4. The Hall–Kier alpha value is -2.34. The fourth-order valence-electron chi connectivity index (χ4n) is 3.93. The third-order valence-electron chi connectivity index (χ3n) is 5.25. The van der Waals surface area contributed by atoms with E-state index in [1.807, 2.05) is 30.2 Å². The Morgan fingerprint density at radius 3 is 2.85 bits per heavy atom. The molecule has 0 spiro atoms.